The van der Waals surface area contributed by atoms with E-state index in [0.29, 0.717) is 29.4 Å². The van der Waals surface area contributed by atoms with Crippen molar-refractivity contribution >= 4 is 47.0 Å². The van der Waals surface area contributed by atoms with E-state index in [-0.39, 0.29) is 11.8 Å². The van der Waals surface area contributed by atoms with Gasteiger partial charge in [-0.15, -0.1) is 0 Å². The molecule has 0 fully saturated rings. The molecular weight excluding hydrogens is 594 g/mol. The van der Waals surface area contributed by atoms with E-state index in [9.17, 15) is 14.4 Å². The summed E-state index contributed by atoms with van der Waals surface area (Å²) < 4.78 is 5.53. The normalized spacial score (nSPS) is 12.8. The quantitative estimate of drug-likeness (QED) is 0.178. The third kappa shape index (κ3) is 11.7. The molecule has 7 nitrogen and oxygen atoms in total. The summed E-state index contributed by atoms with van der Waals surface area (Å²) >= 11 is 8.12. The van der Waals surface area contributed by atoms with Crippen LogP contribution in [0.15, 0.2) is 36.4 Å². The summed E-state index contributed by atoms with van der Waals surface area (Å²) in [5, 5.41) is 6.31. The number of thioether (sulfide) groups is 1. The van der Waals surface area contributed by atoms with E-state index in [1.54, 1.807) is 43.5 Å². The fraction of sp³-hybridized carbons (Fsp3) is 0.571. The maximum absolute atomic E-state index is 14.6. The van der Waals surface area contributed by atoms with Crippen molar-refractivity contribution in [1.82, 2.24) is 10.2 Å². The summed E-state index contributed by atoms with van der Waals surface area (Å²) in [4.78, 5) is 43.5. The maximum Gasteiger partial charge on any atom is 0.408 e. The van der Waals surface area contributed by atoms with E-state index in [2.05, 4.69) is 17.6 Å². The van der Waals surface area contributed by atoms with Gasteiger partial charge in [-0.2, -0.15) is 11.8 Å². The molecule has 9 heteroatoms. The highest BCUT2D eigenvalue weighted by Gasteiger charge is 2.37. The minimum atomic E-state index is -0.939. The Labute approximate surface area is 274 Å². The second-order valence-corrected chi connectivity index (χ2v) is 13.8. The highest BCUT2D eigenvalue weighted by molar-refractivity contribution is 7.98. The second kappa shape index (κ2) is 18.3. The smallest absolute Gasteiger partial charge is 0.408 e. The largest absolute Gasteiger partial charge is 0.444 e. The van der Waals surface area contributed by atoms with Crippen LogP contribution in [0.5, 0.6) is 0 Å². The van der Waals surface area contributed by atoms with Crippen LogP contribution in [0.2, 0.25) is 5.02 Å². The highest BCUT2D eigenvalue weighted by atomic mass is 35.5. The first kappa shape index (κ1) is 37.5. The molecule has 2 aromatic rings. The van der Waals surface area contributed by atoms with Gasteiger partial charge in [0.2, 0.25) is 5.91 Å². The zero-order valence-corrected chi connectivity index (χ0v) is 29.4. The van der Waals surface area contributed by atoms with Crippen molar-refractivity contribution in [1.29, 1.82) is 0 Å². The molecule has 0 radical (unpaired) electrons. The average Bonchev–Trinajstić information content (AvgIpc) is 2.95. The molecule has 0 spiro atoms. The minimum Gasteiger partial charge on any atom is -0.444 e. The Balaban J connectivity index is 2.60. The summed E-state index contributed by atoms with van der Waals surface area (Å²) in [6, 6.07) is 9.48. The van der Waals surface area contributed by atoms with Crippen LogP contribution in [0.3, 0.4) is 0 Å². The number of hydrogen-bond acceptors (Lipinski definition) is 5. The van der Waals surface area contributed by atoms with Gasteiger partial charge in [-0.3, -0.25) is 9.59 Å². The summed E-state index contributed by atoms with van der Waals surface area (Å²) in [6.45, 7) is 13.8. The van der Waals surface area contributed by atoms with Gasteiger partial charge in [0, 0.05) is 6.54 Å². The van der Waals surface area contributed by atoms with Crippen LogP contribution in [0.1, 0.15) is 101 Å². The number of unbranched alkanes of at least 4 members (excludes halogenated alkanes) is 5. The maximum atomic E-state index is 14.6. The lowest BCUT2D eigenvalue weighted by Gasteiger charge is -2.35. The van der Waals surface area contributed by atoms with Crippen LogP contribution in [0.4, 0.5) is 10.5 Å². The van der Waals surface area contributed by atoms with Crippen molar-refractivity contribution in [2.75, 3.05) is 23.9 Å². The monoisotopic (exact) mass is 645 g/mol. The molecule has 0 aliphatic rings. The van der Waals surface area contributed by atoms with Crippen LogP contribution in [-0.4, -0.2) is 53.0 Å². The molecular formula is C35H52ClN3O4S. The Morgan fingerprint density at radius 1 is 0.955 bits per heavy atom. The summed E-state index contributed by atoms with van der Waals surface area (Å²) in [5.41, 5.74) is 3.32. The number of amides is 3. The van der Waals surface area contributed by atoms with Crippen molar-refractivity contribution < 1.29 is 19.1 Å². The van der Waals surface area contributed by atoms with Gasteiger partial charge in [-0.05, 0) is 94.7 Å². The molecule has 44 heavy (non-hydrogen) atoms. The number of nitrogens with one attached hydrogen (secondary N) is 2. The van der Waals surface area contributed by atoms with Gasteiger partial charge in [0.1, 0.15) is 17.7 Å². The number of aryl methyl sites for hydroxylation is 2. The molecule has 2 aromatic carbocycles. The number of rotatable bonds is 16. The molecule has 2 rings (SSSR count). The number of hydrogen-bond donors (Lipinski definition) is 2. The zero-order valence-electron chi connectivity index (χ0n) is 27.8. The number of para-hydroxylation sites is 1. The molecule has 244 valence electrons. The molecule has 2 unspecified atom stereocenters. The molecule has 0 saturated heterocycles. The van der Waals surface area contributed by atoms with Gasteiger partial charge in [0.05, 0.1) is 10.7 Å². The zero-order chi connectivity index (χ0) is 32.9. The first-order chi connectivity index (χ1) is 20.8. The SMILES string of the molecule is CCCCCCCCN(C(=O)C(CCSC)NC(=O)OC(C)(C)C)C(C(=O)Nc1c(C)cccc1Cl)c1cccc(C)c1C. The van der Waals surface area contributed by atoms with E-state index in [1.165, 1.54) is 6.42 Å². The van der Waals surface area contributed by atoms with Crippen molar-refractivity contribution in [2.45, 2.75) is 111 Å². The summed E-state index contributed by atoms with van der Waals surface area (Å²) in [5.74, 6) is -0.0125. The molecule has 2 N–H and O–H groups in total. The van der Waals surface area contributed by atoms with E-state index in [1.807, 2.05) is 57.4 Å². The van der Waals surface area contributed by atoms with Crippen molar-refractivity contribution in [3.05, 3.63) is 63.7 Å². The third-order valence-corrected chi connectivity index (χ3v) is 8.57. The summed E-state index contributed by atoms with van der Waals surface area (Å²) in [7, 11) is 0. The number of carbonyl (C=O) groups excluding carboxylic acids is 3. The Kier molecular flexibility index (Phi) is 15.6. The third-order valence-electron chi connectivity index (χ3n) is 7.61. The van der Waals surface area contributed by atoms with Gasteiger partial charge in [0.15, 0.2) is 0 Å². The first-order valence-electron chi connectivity index (χ1n) is 15.7. The molecule has 3 amide bonds. The van der Waals surface area contributed by atoms with E-state index in [0.717, 1.165) is 54.4 Å². The number of nitrogens with zero attached hydrogens (tertiary/aromatic N) is 1. The number of carbonyl (C=O) groups is 3. The molecule has 0 saturated carbocycles. The Bertz CT molecular complexity index is 1230. The van der Waals surface area contributed by atoms with Gasteiger partial charge in [-0.1, -0.05) is 81.0 Å². The van der Waals surface area contributed by atoms with E-state index >= 15 is 0 Å². The number of ether oxygens (including phenoxy) is 1. The molecule has 0 aliphatic carbocycles. The first-order valence-corrected chi connectivity index (χ1v) is 17.5. The second-order valence-electron chi connectivity index (χ2n) is 12.4. The fourth-order valence-electron chi connectivity index (χ4n) is 5.07. The van der Waals surface area contributed by atoms with Crippen molar-refractivity contribution in [3.8, 4) is 0 Å². The Morgan fingerprint density at radius 3 is 2.23 bits per heavy atom. The van der Waals surface area contributed by atoms with Crippen molar-refractivity contribution in [3.63, 3.8) is 0 Å². The molecule has 2 atom stereocenters. The molecule has 0 aliphatic heterocycles. The predicted molar refractivity (Wildman–Crippen MR) is 185 cm³/mol. The fourth-order valence-corrected chi connectivity index (χ4v) is 5.81. The number of alkyl carbamates (subject to hydrolysis) is 1. The van der Waals surface area contributed by atoms with E-state index < -0.39 is 23.8 Å². The van der Waals surface area contributed by atoms with Crippen LogP contribution < -0.4 is 10.6 Å². The Morgan fingerprint density at radius 2 is 1.59 bits per heavy atom. The number of anilines is 1. The van der Waals surface area contributed by atoms with Gasteiger partial charge in [0.25, 0.3) is 5.91 Å². The van der Waals surface area contributed by atoms with Gasteiger partial charge in [-0.25, -0.2) is 4.79 Å². The van der Waals surface area contributed by atoms with E-state index in [4.69, 9.17) is 16.3 Å². The minimum absolute atomic E-state index is 0.310. The highest BCUT2D eigenvalue weighted by Crippen LogP contribution is 2.32. The predicted octanol–water partition coefficient (Wildman–Crippen LogP) is 8.78. The molecule has 0 bridgehead atoms. The lowest BCUT2D eigenvalue weighted by molar-refractivity contribution is -0.141. The molecule has 0 heterocycles. The van der Waals surface area contributed by atoms with Gasteiger partial charge >= 0.3 is 6.09 Å². The average molecular weight is 646 g/mol. The molecule has 0 aromatic heterocycles. The lowest BCUT2D eigenvalue weighted by Crippen LogP contribution is -2.53. The Hall–Kier alpha value is -2.71. The van der Waals surface area contributed by atoms with Crippen molar-refractivity contribution in [2.24, 2.45) is 0 Å². The van der Waals surface area contributed by atoms with Crippen LogP contribution in [0, 0.1) is 20.8 Å². The summed E-state index contributed by atoms with van der Waals surface area (Å²) in [6.07, 6.45) is 7.88. The van der Waals surface area contributed by atoms with Gasteiger partial charge < -0.3 is 20.3 Å². The lowest BCUT2D eigenvalue weighted by atomic mass is 9.94. The number of benzene rings is 2. The van der Waals surface area contributed by atoms with Crippen LogP contribution >= 0.6 is 23.4 Å². The topological polar surface area (TPSA) is 87.7 Å². The van der Waals surface area contributed by atoms with Crippen LogP contribution in [0.25, 0.3) is 0 Å². The van der Waals surface area contributed by atoms with Crippen LogP contribution in [-0.2, 0) is 14.3 Å². The standard InChI is InChI=1S/C35H52ClN3O4S/c1-9-10-11-12-13-14-22-39(33(41)29(21-23-44-8)37-34(42)43-35(5,6)7)31(27-19-15-17-24(2)26(27)4)32(40)38-30-25(3)18-16-20-28(30)36/h15-20,29,31H,9-14,21-23H2,1-8H3,(H,37,42)(H,38,40). The number of halogens is 1.